The van der Waals surface area contributed by atoms with Gasteiger partial charge < -0.3 is 0 Å². The first-order valence-corrected chi connectivity index (χ1v) is 8.59. The lowest BCUT2D eigenvalue weighted by molar-refractivity contribution is -0.166. The van der Waals surface area contributed by atoms with Crippen LogP contribution >= 0.6 is 0 Å². The van der Waals surface area contributed by atoms with Crippen molar-refractivity contribution in [3.8, 4) is 0 Å². The van der Waals surface area contributed by atoms with Gasteiger partial charge in [0.05, 0.1) is 0 Å². The maximum atomic E-state index is 2.48. The monoisotopic (exact) mass is 248 g/mol. The summed E-state index contributed by atoms with van der Waals surface area (Å²) in [6.07, 6.45) is 16.9. The molecule has 4 saturated carbocycles. The Labute approximate surface area is 114 Å². The van der Waals surface area contributed by atoms with Crippen LogP contribution in [0.25, 0.3) is 0 Å². The Kier molecular flexibility index (Phi) is 3.07. The molecule has 4 fully saturated rings. The highest BCUT2D eigenvalue weighted by Gasteiger charge is 2.61. The fraction of sp³-hybridized carbons (Fsp3) is 1.00. The topological polar surface area (TPSA) is 0 Å². The van der Waals surface area contributed by atoms with Gasteiger partial charge in [0.2, 0.25) is 0 Å². The molecule has 0 aromatic heterocycles. The van der Waals surface area contributed by atoms with Crippen molar-refractivity contribution in [1.82, 2.24) is 0 Å². The summed E-state index contributed by atoms with van der Waals surface area (Å²) in [5.41, 5.74) is 2.32. The van der Waals surface area contributed by atoms with Crippen LogP contribution in [0.15, 0.2) is 0 Å². The van der Waals surface area contributed by atoms with Gasteiger partial charge in [-0.15, -0.1) is 0 Å². The molecule has 4 bridgehead atoms. The molecule has 4 aliphatic carbocycles. The molecule has 0 aromatic rings. The summed E-state index contributed by atoms with van der Waals surface area (Å²) < 4.78 is 0. The summed E-state index contributed by atoms with van der Waals surface area (Å²) in [5, 5.41) is 0. The molecule has 0 N–H and O–H groups in total. The van der Waals surface area contributed by atoms with Crippen LogP contribution in [-0.2, 0) is 0 Å². The quantitative estimate of drug-likeness (QED) is 0.563. The van der Waals surface area contributed by atoms with Gasteiger partial charge in [-0.1, -0.05) is 40.0 Å². The molecule has 0 aliphatic heterocycles. The van der Waals surface area contributed by atoms with Gasteiger partial charge in [-0.05, 0) is 73.5 Å². The van der Waals surface area contributed by atoms with Crippen molar-refractivity contribution in [3.05, 3.63) is 0 Å². The lowest BCUT2D eigenvalue weighted by atomic mass is 9.38. The van der Waals surface area contributed by atoms with E-state index in [1.54, 1.807) is 38.5 Å². The molecule has 0 nitrogen and oxygen atoms in total. The van der Waals surface area contributed by atoms with Crippen molar-refractivity contribution in [2.24, 2.45) is 22.2 Å². The Morgan fingerprint density at radius 2 is 1.17 bits per heavy atom. The summed E-state index contributed by atoms with van der Waals surface area (Å²) in [6.45, 7) is 7.29. The maximum absolute atomic E-state index is 2.48. The first-order chi connectivity index (χ1) is 8.59. The number of hydrogen-bond donors (Lipinski definition) is 0. The molecule has 0 amide bonds. The molecule has 0 heteroatoms. The molecule has 4 rings (SSSR count). The lowest BCUT2D eigenvalue weighted by Crippen LogP contribution is -2.56. The Morgan fingerprint density at radius 1 is 0.722 bits per heavy atom. The van der Waals surface area contributed by atoms with E-state index in [4.69, 9.17) is 0 Å². The number of rotatable bonds is 5. The first kappa shape index (κ1) is 13.0. The second-order valence-electron chi connectivity index (χ2n) is 8.36. The first-order valence-electron chi connectivity index (χ1n) is 8.59. The van der Waals surface area contributed by atoms with E-state index in [0.717, 1.165) is 22.2 Å². The number of hydrogen-bond acceptors (Lipinski definition) is 0. The van der Waals surface area contributed by atoms with Crippen molar-refractivity contribution >= 4 is 0 Å². The van der Waals surface area contributed by atoms with Gasteiger partial charge in [0.1, 0.15) is 0 Å². The second kappa shape index (κ2) is 4.25. The lowest BCUT2D eigenvalue weighted by Gasteiger charge is -2.67. The van der Waals surface area contributed by atoms with Gasteiger partial charge in [-0.3, -0.25) is 0 Å². The largest absolute Gasteiger partial charge is 0.0654 e. The minimum atomic E-state index is 0.768. The van der Waals surface area contributed by atoms with Crippen molar-refractivity contribution < 1.29 is 0 Å². The van der Waals surface area contributed by atoms with Crippen LogP contribution < -0.4 is 0 Å². The molecule has 0 heterocycles. The third kappa shape index (κ3) is 1.86. The van der Waals surface area contributed by atoms with Crippen LogP contribution in [0.4, 0.5) is 0 Å². The van der Waals surface area contributed by atoms with E-state index < -0.39 is 0 Å². The van der Waals surface area contributed by atoms with E-state index in [9.17, 15) is 0 Å². The molecule has 0 saturated heterocycles. The van der Waals surface area contributed by atoms with E-state index in [-0.39, 0.29) is 0 Å². The third-order valence-electron chi connectivity index (χ3n) is 6.73. The maximum Gasteiger partial charge on any atom is -0.0284 e. The van der Waals surface area contributed by atoms with Crippen molar-refractivity contribution in [1.29, 1.82) is 0 Å². The fourth-order valence-corrected chi connectivity index (χ4v) is 7.07. The average Bonchev–Trinajstić information content (AvgIpc) is 2.27. The smallest absolute Gasteiger partial charge is 0.0284 e. The van der Waals surface area contributed by atoms with Gasteiger partial charge in [-0.25, -0.2) is 0 Å². The van der Waals surface area contributed by atoms with E-state index in [0.29, 0.717) is 0 Å². The van der Waals surface area contributed by atoms with Gasteiger partial charge in [0.25, 0.3) is 0 Å². The second-order valence-corrected chi connectivity index (χ2v) is 8.36. The predicted octanol–water partition coefficient (Wildman–Crippen LogP) is 5.95. The summed E-state index contributed by atoms with van der Waals surface area (Å²) in [6, 6.07) is 0. The molecule has 18 heavy (non-hydrogen) atoms. The normalized spacial score (nSPS) is 49.8. The average molecular weight is 248 g/mol. The molecule has 4 aliphatic rings. The molecule has 0 spiro atoms. The minimum absolute atomic E-state index is 0.768. The Hall–Kier alpha value is 0. The van der Waals surface area contributed by atoms with E-state index in [1.807, 2.05) is 0 Å². The van der Waals surface area contributed by atoms with Crippen molar-refractivity contribution in [3.63, 3.8) is 0 Å². The van der Waals surface area contributed by atoms with E-state index in [1.165, 1.54) is 32.1 Å². The van der Waals surface area contributed by atoms with E-state index in [2.05, 4.69) is 20.8 Å². The summed E-state index contributed by atoms with van der Waals surface area (Å²) in [4.78, 5) is 0. The summed E-state index contributed by atoms with van der Waals surface area (Å²) >= 11 is 0. The van der Waals surface area contributed by atoms with Crippen LogP contribution in [0.2, 0.25) is 0 Å². The zero-order chi connectivity index (χ0) is 12.9. The highest BCUT2D eigenvalue weighted by atomic mass is 14.7. The summed E-state index contributed by atoms with van der Waals surface area (Å²) in [5.74, 6) is 1.10. The molecule has 2 unspecified atom stereocenters. The van der Waals surface area contributed by atoms with Crippen LogP contribution in [0.1, 0.15) is 91.4 Å². The third-order valence-corrected chi connectivity index (χ3v) is 6.73. The molecule has 2 atom stereocenters. The Balaban J connectivity index is 1.93. The zero-order valence-corrected chi connectivity index (χ0v) is 12.9. The van der Waals surface area contributed by atoms with Crippen LogP contribution in [0, 0.1) is 22.2 Å². The minimum Gasteiger partial charge on any atom is -0.0654 e. The SMILES string of the molecule is CCCC12CC3CC(CC)(C1)CC(CCC)(C3)C2. The molecule has 0 aromatic carbocycles. The Morgan fingerprint density at radius 3 is 1.61 bits per heavy atom. The van der Waals surface area contributed by atoms with Crippen molar-refractivity contribution in [2.75, 3.05) is 0 Å². The molecular weight excluding hydrogens is 216 g/mol. The highest BCUT2D eigenvalue weighted by Crippen LogP contribution is 2.72. The van der Waals surface area contributed by atoms with Crippen molar-refractivity contribution in [2.45, 2.75) is 91.4 Å². The zero-order valence-electron chi connectivity index (χ0n) is 12.9. The molecule has 104 valence electrons. The van der Waals surface area contributed by atoms with Gasteiger partial charge >= 0.3 is 0 Å². The molecule has 0 radical (unpaired) electrons. The van der Waals surface area contributed by atoms with Crippen LogP contribution in [-0.4, -0.2) is 0 Å². The highest BCUT2D eigenvalue weighted by molar-refractivity contribution is 5.12. The predicted molar refractivity (Wildman–Crippen MR) is 78.6 cm³/mol. The van der Waals surface area contributed by atoms with Gasteiger partial charge in [-0.2, -0.15) is 0 Å². The molecular formula is C18H32. The fourth-order valence-electron chi connectivity index (χ4n) is 7.07. The van der Waals surface area contributed by atoms with Gasteiger partial charge in [0, 0.05) is 0 Å². The summed E-state index contributed by atoms with van der Waals surface area (Å²) in [7, 11) is 0. The van der Waals surface area contributed by atoms with Crippen LogP contribution in [0.3, 0.4) is 0 Å². The van der Waals surface area contributed by atoms with E-state index >= 15 is 0 Å². The standard InChI is InChI=1S/C18H32/c1-4-7-17-10-15-9-16(6-3,12-17)13-18(11-15,14-17)8-5-2/h15H,4-14H2,1-3H3. The van der Waals surface area contributed by atoms with Gasteiger partial charge in [0.15, 0.2) is 0 Å². The van der Waals surface area contributed by atoms with Crippen LogP contribution in [0.5, 0.6) is 0 Å². The Bertz CT molecular complexity index is 294.